The van der Waals surface area contributed by atoms with Crippen LogP contribution in [0.5, 0.6) is 5.75 Å². The fourth-order valence-electron chi connectivity index (χ4n) is 1.94. The standard InChI is InChI=1S/C13H12FNO4/c1-19-12-8(7-16)6-15(13(17)18)11(12)9-4-2-3-5-10(9)14/h2-6,16H,7H2,1H3,(H,17,18). The van der Waals surface area contributed by atoms with Crippen molar-refractivity contribution in [3.63, 3.8) is 0 Å². The molecule has 0 aliphatic rings. The van der Waals surface area contributed by atoms with Crippen LogP contribution >= 0.6 is 0 Å². The van der Waals surface area contributed by atoms with Gasteiger partial charge in [-0.15, -0.1) is 0 Å². The summed E-state index contributed by atoms with van der Waals surface area (Å²) in [5, 5.41) is 18.4. The summed E-state index contributed by atoms with van der Waals surface area (Å²) < 4.78 is 19.8. The Morgan fingerprint density at radius 2 is 2.11 bits per heavy atom. The maximum absolute atomic E-state index is 13.8. The van der Waals surface area contributed by atoms with Gasteiger partial charge in [0.15, 0.2) is 5.75 Å². The van der Waals surface area contributed by atoms with E-state index in [4.69, 9.17) is 9.84 Å². The lowest BCUT2D eigenvalue weighted by Crippen LogP contribution is -2.08. The third-order valence-corrected chi connectivity index (χ3v) is 2.74. The fourth-order valence-corrected chi connectivity index (χ4v) is 1.94. The molecule has 5 nitrogen and oxygen atoms in total. The minimum Gasteiger partial charge on any atom is -0.494 e. The number of ether oxygens (including phenoxy) is 1. The van der Waals surface area contributed by atoms with Crippen LogP contribution in [0.4, 0.5) is 9.18 Å². The zero-order chi connectivity index (χ0) is 14.0. The van der Waals surface area contributed by atoms with Gasteiger partial charge < -0.3 is 14.9 Å². The van der Waals surface area contributed by atoms with E-state index >= 15 is 0 Å². The molecule has 0 bridgehead atoms. The van der Waals surface area contributed by atoms with E-state index in [1.165, 1.54) is 31.5 Å². The molecule has 2 rings (SSSR count). The van der Waals surface area contributed by atoms with Gasteiger partial charge in [-0.25, -0.2) is 13.8 Å². The number of aliphatic hydroxyl groups excluding tert-OH is 1. The second-order valence-electron chi connectivity index (χ2n) is 3.83. The van der Waals surface area contributed by atoms with Gasteiger partial charge in [0.05, 0.1) is 13.7 Å². The molecule has 6 heteroatoms. The predicted molar refractivity (Wildman–Crippen MR) is 65.7 cm³/mol. The molecule has 1 aromatic heterocycles. The van der Waals surface area contributed by atoms with Gasteiger partial charge in [0.25, 0.3) is 0 Å². The van der Waals surface area contributed by atoms with E-state index in [2.05, 4.69) is 0 Å². The minimum atomic E-state index is -1.28. The number of hydrogen-bond donors (Lipinski definition) is 2. The minimum absolute atomic E-state index is 0.0668. The highest BCUT2D eigenvalue weighted by Crippen LogP contribution is 2.36. The summed E-state index contributed by atoms with van der Waals surface area (Å²) in [7, 11) is 1.34. The van der Waals surface area contributed by atoms with Crippen LogP contribution in [0.15, 0.2) is 30.5 Å². The quantitative estimate of drug-likeness (QED) is 0.893. The van der Waals surface area contributed by atoms with Crippen molar-refractivity contribution in [1.29, 1.82) is 0 Å². The van der Waals surface area contributed by atoms with Crippen molar-refractivity contribution in [3.8, 4) is 17.0 Å². The molecule has 2 aromatic rings. The van der Waals surface area contributed by atoms with Crippen molar-refractivity contribution in [2.24, 2.45) is 0 Å². The lowest BCUT2D eigenvalue weighted by molar-refractivity contribution is 0.196. The summed E-state index contributed by atoms with van der Waals surface area (Å²) in [6.07, 6.45) is -0.0700. The third kappa shape index (κ3) is 2.17. The topological polar surface area (TPSA) is 71.7 Å². The second kappa shape index (κ2) is 5.11. The lowest BCUT2D eigenvalue weighted by atomic mass is 10.1. The highest BCUT2D eigenvalue weighted by molar-refractivity contribution is 5.82. The van der Waals surface area contributed by atoms with Crippen molar-refractivity contribution in [3.05, 3.63) is 41.8 Å². The van der Waals surface area contributed by atoms with Gasteiger partial charge in [0, 0.05) is 17.3 Å². The maximum atomic E-state index is 13.8. The molecule has 0 aliphatic heterocycles. The van der Waals surface area contributed by atoms with Crippen molar-refractivity contribution >= 4 is 6.09 Å². The number of carboxylic acid groups (broad SMARTS) is 1. The first-order chi connectivity index (χ1) is 9.10. The van der Waals surface area contributed by atoms with Crippen molar-refractivity contribution in [1.82, 2.24) is 4.57 Å². The number of nitrogens with zero attached hydrogens (tertiary/aromatic N) is 1. The monoisotopic (exact) mass is 265 g/mol. The SMILES string of the molecule is COc1c(CO)cn(C(=O)O)c1-c1ccccc1F. The number of halogens is 1. The van der Waals surface area contributed by atoms with Crippen molar-refractivity contribution in [2.45, 2.75) is 6.61 Å². The maximum Gasteiger partial charge on any atom is 0.416 e. The van der Waals surface area contributed by atoms with Gasteiger partial charge in [-0.05, 0) is 12.1 Å². The van der Waals surface area contributed by atoms with E-state index < -0.39 is 18.5 Å². The van der Waals surface area contributed by atoms with Gasteiger partial charge in [0.2, 0.25) is 0 Å². The molecule has 100 valence electrons. The number of carbonyl (C=O) groups is 1. The van der Waals surface area contributed by atoms with Crippen LogP contribution in [0.1, 0.15) is 5.56 Å². The summed E-state index contributed by atoms with van der Waals surface area (Å²) in [5.41, 5.74) is 0.446. The summed E-state index contributed by atoms with van der Waals surface area (Å²) in [6.45, 7) is -0.398. The molecule has 0 fully saturated rings. The Hall–Kier alpha value is -2.34. The van der Waals surface area contributed by atoms with Crippen LogP contribution in [0.25, 0.3) is 11.3 Å². The number of aliphatic hydroxyl groups is 1. The normalized spacial score (nSPS) is 10.5. The van der Waals surface area contributed by atoms with Gasteiger partial charge >= 0.3 is 6.09 Å². The zero-order valence-corrected chi connectivity index (χ0v) is 10.1. The van der Waals surface area contributed by atoms with Crippen molar-refractivity contribution in [2.75, 3.05) is 7.11 Å². The number of benzene rings is 1. The number of hydrogen-bond acceptors (Lipinski definition) is 3. The average molecular weight is 265 g/mol. The van der Waals surface area contributed by atoms with E-state index in [9.17, 15) is 14.3 Å². The second-order valence-corrected chi connectivity index (χ2v) is 3.83. The first-order valence-corrected chi connectivity index (χ1v) is 5.47. The van der Waals surface area contributed by atoms with Crippen molar-refractivity contribution < 1.29 is 24.1 Å². The summed E-state index contributed by atoms with van der Waals surface area (Å²) in [4.78, 5) is 11.2. The van der Waals surface area contributed by atoms with E-state index in [1.807, 2.05) is 0 Å². The molecule has 0 unspecified atom stereocenters. The molecule has 2 N–H and O–H groups in total. The Morgan fingerprint density at radius 3 is 2.63 bits per heavy atom. The average Bonchev–Trinajstić information content (AvgIpc) is 2.77. The molecule has 0 aliphatic carbocycles. The summed E-state index contributed by atoms with van der Waals surface area (Å²) in [5.74, 6) is -0.416. The molecule has 0 amide bonds. The van der Waals surface area contributed by atoms with E-state index in [-0.39, 0.29) is 22.6 Å². The Kier molecular flexibility index (Phi) is 3.52. The molecule has 1 aromatic carbocycles. The number of rotatable bonds is 3. The molecule has 0 spiro atoms. The number of aromatic nitrogens is 1. The van der Waals surface area contributed by atoms with Gasteiger partial charge in [-0.3, -0.25) is 0 Å². The van der Waals surface area contributed by atoms with E-state index in [0.717, 1.165) is 4.57 Å². The molecular weight excluding hydrogens is 253 g/mol. The van der Waals surface area contributed by atoms with Crippen LogP contribution in [0.2, 0.25) is 0 Å². The lowest BCUT2D eigenvalue weighted by Gasteiger charge is -2.08. The van der Waals surface area contributed by atoms with Gasteiger partial charge in [0.1, 0.15) is 11.5 Å². The van der Waals surface area contributed by atoms with E-state index in [0.29, 0.717) is 0 Å². The molecule has 0 radical (unpaired) electrons. The molecular formula is C13H12FNO4. The number of methoxy groups -OCH3 is 1. The first kappa shape index (κ1) is 13.1. The molecule has 0 saturated carbocycles. The van der Waals surface area contributed by atoms with Crippen LogP contribution in [0, 0.1) is 5.82 Å². The van der Waals surface area contributed by atoms with E-state index in [1.54, 1.807) is 6.07 Å². The Morgan fingerprint density at radius 1 is 1.42 bits per heavy atom. The first-order valence-electron chi connectivity index (χ1n) is 5.47. The fraction of sp³-hybridized carbons (Fsp3) is 0.154. The van der Waals surface area contributed by atoms with Crippen LogP contribution in [-0.4, -0.2) is 28.0 Å². The summed E-state index contributed by atoms with van der Waals surface area (Å²) >= 11 is 0. The molecule has 0 atom stereocenters. The zero-order valence-electron chi connectivity index (χ0n) is 10.1. The third-order valence-electron chi connectivity index (χ3n) is 2.74. The van der Waals surface area contributed by atoms with Gasteiger partial charge in [-0.1, -0.05) is 12.1 Å². The highest BCUT2D eigenvalue weighted by Gasteiger charge is 2.23. The highest BCUT2D eigenvalue weighted by atomic mass is 19.1. The molecule has 0 saturated heterocycles. The van der Waals surface area contributed by atoms with Crippen LogP contribution in [0.3, 0.4) is 0 Å². The Balaban J connectivity index is 2.77. The molecule has 1 heterocycles. The molecule has 19 heavy (non-hydrogen) atoms. The largest absolute Gasteiger partial charge is 0.494 e. The Bertz CT molecular complexity index is 621. The van der Waals surface area contributed by atoms with Gasteiger partial charge in [-0.2, -0.15) is 0 Å². The summed E-state index contributed by atoms with van der Waals surface area (Å²) in [6, 6.07) is 5.78. The predicted octanol–water partition coefficient (Wildman–Crippen LogP) is 2.32. The Labute approximate surface area is 108 Å². The van der Waals surface area contributed by atoms with Crippen LogP contribution in [-0.2, 0) is 6.61 Å². The smallest absolute Gasteiger partial charge is 0.416 e. The van der Waals surface area contributed by atoms with Crippen LogP contribution < -0.4 is 4.74 Å².